The lowest BCUT2D eigenvalue weighted by atomic mass is 9.87. The molecule has 1 heterocycles. The van der Waals surface area contributed by atoms with Crippen molar-refractivity contribution in [1.29, 1.82) is 0 Å². The summed E-state index contributed by atoms with van der Waals surface area (Å²) in [7, 11) is 0. The minimum absolute atomic E-state index is 0.239. The predicted octanol–water partition coefficient (Wildman–Crippen LogP) is 2.87. The Morgan fingerprint density at radius 1 is 1.12 bits per heavy atom. The summed E-state index contributed by atoms with van der Waals surface area (Å²) < 4.78 is 0. The van der Waals surface area contributed by atoms with Crippen molar-refractivity contribution in [3.63, 3.8) is 0 Å². The van der Waals surface area contributed by atoms with Crippen LogP contribution in [0.5, 0.6) is 0 Å². The van der Waals surface area contributed by atoms with Gasteiger partial charge in [-0.3, -0.25) is 9.97 Å². The fourth-order valence-corrected chi connectivity index (χ4v) is 1.55. The van der Waals surface area contributed by atoms with Crippen LogP contribution in [0.25, 0.3) is 0 Å². The van der Waals surface area contributed by atoms with E-state index in [1.165, 1.54) is 0 Å². The second kappa shape index (κ2) is 4.91. The first-order chi connectivity index (χ1) is 7.32. The Kier molecular flexibility index (Phi) is 4.03. The van der Waals surface area contributed by atoms with Gasteiger partial charge in [0.15, 0.2) is 0 Å². The Hall–Kier alpha value is -0.960. The first-order valence-electron chi connectivity index (χ1n) is 5.86. The Bertz CT molecular complexity index is 341. The third kappa shape index (κ3) is 3.27. The van der Waals surface area contributed by atoms with E-state index in [9.17, 15) is 0 Å². The lowest BCUT2D eigenvalue weighted by Crippen LogP contribution is -2.39. The number of aryl methyl sites for hydroxylation is 1. The van der Waals surface area contributed by atoms with E-state index in [2.05, 4.69) is 49.9 Å². The maximum absolute atomic E-state index is 4.39. The van der Waals surface area contributed by atoms with Crippen molar-refractivity contribution < 1.29 is 0 Å². The van der Waals surface area contributed by atoms with Crippen molar-refractivity contribution in [3.05, 3.63) is 23.8 Å². The monoisotopic (exact) mass is 221 g/mol. The van der Waals surface area contributed by atoms with Crippen LogP contribution in [-0.4, -0.2) is 16.0 Å². The molecule has 0 aliphatic carbocycles. The lowest BCUT2D eigenvalue weighted by Gasteiger charge is -2.31. The van der Waals surface area contributed by atoms with Crippen molar-refractivity contribution in [1.82, 2.24) is 15.3 Å². The van der Waals surface area contributed by atoms with Gasteiger partial charge in [-0.15, -0.1) is 0 Å². The van der Waals surface area contributed by atoms with Crippen LogP contribution < -0.4 is 5.32 Å². The van der Waals surface area contributed by atoms with Gasteiger partial charge in [0.25, 0.3) is 0 Å². The highest BCUT2D eigenvalue weighted by atomic mass is 15.0. The number of rotatable bonds is 3. The molecule has 90 valence electrons. The molecule has 3 nitrogen and oxygen atoms in total. The molecule has 0 aliphatic rings. The maximum atomic E-state index is 4.39. The summed E-state index contributed by atoms with van der Waals surface area (Å²) in [6, 6.07) is 0.673. The van der Waals surface area contributed by atoms with E-state index < -0.39 is 0 Å². The van der Waals surface area contributed by atoms with Gasteiger partial charge in [0.2, 0.25) is 0 Å². The minimum Gasteiger partial charge on any atom is -0.306 e. The second-order valence-corrected chi connectivity index (χ2v) is 5.50. The van der Waals surface area contributed by atoms with Crippen molar-refractivity contribution >= 4 is 0 Å². The maximum Gasteiger partial charge on any atom is 0.0782 e. The van der Waals surface area contributed by atoms with E-state index in [1.807, 2.05) is 6.92 Å². The zero-order chi connectivity index (χ0) is 12.3. The van der Waals surface area contributed by atoms with Gasteiger partial charge in [0.1, 0.15) is 0 Å². The Balaban J connectivity index is 2.73. The number of nitrogens with zero attached hydrogens (tertiary/aromatic N) is 2. The van der Waals surface area contributed by atoms with Gasteiger partial charge < -0.3 is 5.32 Å². The molecule has 0 radical (unpaired) electrons. The van der Waals surface area contributed by atoms with E-state index in [0.717, 1.165) is 11.4 Å². The summed E-state index contributed by atoms with van der Waals surface area (Å²) in [5.41, 5.74) is 2.30. The molecular weight excluding hydrogens is 198 g/mol. The van der Waals surface area contributed by atoms with Crippen LogP contribution in [0.15, 0.2) is 12.4 Å². The van der Waals surface area contributed by atoms with Crippen molar-refractivity contribution in [2.24, 2.45) is 5.41 Å². The van der Waals surface area contributed by atoms with Crippen molar-refractivity contribution in [2.75, 3.05) is 0 Å². The fourth-order valence-electron chi connectivity index (χ4n) is 1.55. The zero-order valence-corrected chi connectivity index (χ0v) is 11.2. The van der Waals surface area contributed by atoms with E-state index in [-0.39, 0.29) is 11.5 Å². The molecule has 0 bridgehead atoms. The predicted molar refractivity (Wildman–Crippen MR) is 67.2 cm³/mol. The minimum atomic E-state index is 0.239. The summed E-state index contributed by atoms with van der Waals surface area (Å²) in [4.78, 5) is 8.66. The highest BCUT2D eigenvalue weighted by molar-refractivity contribution is 5.12. The summed E-state index contributed by atoms with van der Waals surface area (Å²) in [6.07, 6.45) is 3.49. The third-order valence-electron chi connectivity index (χ3n) is 3.13. The van der Waals surface area contributed by atoms with Crippen LogP contribution in [-0.2, 0) is 0 Å². The largest absolute Gasteiger partial charge is 0.306 e. The van der Waals surface area contributed by atoms with Gasteiger partial charge in [-0.1, -0.05) is 20.8 Å². The normalized spacial score (nSPS) is 15.9. The highest BCUT2D eigenvalue weighted by Gasteiger charge is 2.22. The SMILES string of the molecule is Cc1nccnc1C(C)NC(C)C(C)(C)C. The molecule has 2 unspecified atom stereocenters. The molecule has 0 saturated carbocycles. The summed E-state index contributed by atoms with van der Waals surface area (Å²) in [5, 5.41) is 3.57. The average molecular weight is 221 g/mol. The molecule has 0 amide bonds. The molecule has 2 atom stereocenters. The van der Waals surface area contributed by atoms with Gasteiger partial charge in [-0.05, 0) is 26.2 Å². The Morgan fingerprint density at radius 2 is 1.69 bits per heavy atom. The molecule has 1 rings (SSSR count). The van der Waals surface area contributed by atoms with Gasteiger partial charge in [-0.2, -0.15) is 0 Å². The van der Waals surface area contributed by atoms with Crippen LogP contribution in [0.3, 0.4) is 0 Å². The van der Waals surface area contributed by atoms with Crippen LogP contribution in [0.4, 0.5) is 0 Å². The van der Waals surface area contributed by atoms with Gasteiger partial charge >= 0.3 is 0 Å². The standard InChI is InChI=1S/C13H23N3/c1-9-12(15-8-7-14-9)10(2)16-11(3)13(4,5)6/h7-8,10-11,16H,1-6H3. The molecule has 1 aromatic rings. The lowest BCUT2D eigenvalue weighted by molar-refractivity contribution is 0.266. The van der Waals surface area contributed by atoms with Crippen molar-refractivity contribution in [2.45, 2.75) is 53.6 Å². The van der Waals surface area contributed by atoms with Gasteiger partial charge in [-0.25, -0.2) is 0 Å². The van der Waals surface area contributed by atoms with Crippen LogP contribution in [0.2, 0.25) is 0 Å². The smallest absolute Gasteiger partial charge is 0.0782 e. The Labute approximate surface area is 98.7 Å². The molecule has 0 aromatic carbocycles. The van der Waals surface area contributed by atoms with Gasteiger partial charge in [0, 0.05) is 24.5 Å². The number of nitrogens with one attached hydrogen (secondary N) is 1. The first kappa shape index (κ1) is 13.1. The number of aromatic nitrogens is 2. The average Bonchev–Trinajstić information content (AvgIpc) is 2.16. The summed E-state index contributed by atoms with van der Waals surface area (Å²) in [5.74, 6) is 0. The van der Waals surface area contributed by atoms with Crippen LogP contribution in [0.1, 0.15) is 52.0 Å². The van der Waals surface area contributed by atoms with E-state index >= 15 is 0 Å². The first-order valence-corrected chi connectivity index (χ1v) is 5.86. The zero-order valence-electron chi connectivity index (χ0n) is 11.2. The molecular formula is C13H23N3. The number of hydrogen-bond donors (Lipinski definition) is 1. The quantitative estimate of drug-likeness (QED) is 0.853. The molecule has 0 saturated heterocycles. The molecule has 0 fully saturated rings. The molecule has 3 heteroatoms. The van der Waals surface area contributed by atoms with Gasteiger partial charge in [0.05, 0.1) is 11.4 Å². The summed E-state index contributed by atoms with van der Waals surface area (Å²) >= 11 is 0. The molecule has 16 heavy (non-hydrogen) atoms. The van der Waals surface area contributed by atoms with Crippen LogP contribution >= 0.6 is 0 Å². The topological polar surface area (TPSA) is 37.8 Å². The molecule has 1 aromatic heterocycles. The van der Waals surface area contributed by atoms with Crippen LogP contribution in [0, 0.1) is 12.3 Å². The van der Waals surface area contributed by atoms with Crippen molar-refractivity contribution in [3.8, 4) is 0 Å². The third-order valence-corrected chi connectivity index (χ3v) is 3.13. The summed E-state index contributed by atoms with van der Waals surface area (Å²) in [6.45, 7) is 13.1. The fraction of sp³-hybridized carbons (Fsp3) is 0.692. The Morgan fingerprint density at radius 3 is 2.19 bits per heavy atom. The molecule has 0 aliphatic heterocycles. The second-order valence-electron chi connectivity index (χ2n) is 5.50. The molecule has 1 N–H and O–H groups in total. The molecule has 0 spiro atoms. The van der Waals surface area contributed by atoms with E-state index in [0.29, 0.717) is 6.04 Å². The van der Waals surface area contributed by atoms with E-state index in [4.69, 9.17) is 0 Å². The van der Waals surface area contributed by atoms with E-state index in [1.54, 1.807) is 12.4 Å². The number of hydrogen-bond acceptors (Lipinski definition) is 3. The highest BCUT2D eigenvalue weighted by Crippen LogP contribution is 2.22.